The monoisotopic (exact) mass is 504 g/mol. The summed E-state index contributed by atoms with van der Waals surface area (Å²) in [6.07, 6.45) is 0. The van der Waals surface area contributed by atoms with Crippen LogP contribution in [-0.2, 0) is 0 Å². The molecule has 4 aromatic carbocycles. The molecule has 0 saturated heterocycles. The predicted octanol–water partition coefficient (Wildman–Crippen LogP) is 9.78. The maximum absolute atomic E-state index is 11.7. The first-order valence-electron chi connectivity index (χ1n) is 13.4. The molecule has 2 heteroatoms. The van der Waals surface area contributed by atoms with E-state index in [1.165, 1.54) is 77.9 Å². The van der Waals surface area contributed by atoms with Gasteiger partial charge in [-0.1, -0.05) is 29.8 Å². The number of carboxylic acid groups (broad SMARTS) is 1. The molecule has 0 unspecified atom stereocenters. The minimum atomic E-state index is -0.888. The second-order valence-corrected chi connectivity index (χ2v) is 11.3. The molecule has 0 aliphatic heterocycles. The van der Waals surface area contributed by atoms with Crippen LogP contribution in [0.3, 0.4) is 0 Å². The summed E-state index contributed by atoms with van der Waals surface area (Å²) < 4.78 is 0. The van der Waals surface area contributed by atoms with Crippen molar-refractivity contribution in [2.75, 3.05) is 0 Å². The van der Waals surface area contributed by atoms with Crippen molar-refractivity contribution < 1.29 is 9.90 Å². The van der Waals surface area contributed by atoms with E-state index in [1.807, 2.05) is 13.8 Å². The molecule has 196 valence electrons. The number of benzene rings is 4. The normalized spacial score (nSPS) is 11.2. The second-order valence-electron chi connectivity index (χ2n) is 11.3. The van der Waals surface area contributed by atoms with Gasteiger partial charge in [0.25, 0.3) is 0 Å². The van der Waals surface area contributed by atoms with Gasteiger partial charge in [0.15, 0.2) is 0 Å². The summed E-state index contributed by atoms with van der Waals surface area (Å²) in [4.78, 5) is 11.7. The quantitative estimate of drug-likeness (QED) is 0.300. The highest BCUT2D eigenvalue weighted by Gasteiger charge is 2.23. The smallest absolute Gasteiger partial charge is 0.335 e. The third-order valence-corrected chi connectivity index (χ3v) is 8.15. The lowest BCUT2D eigenvalue weighted by Gasteiger charge is -2.26. The fraction of sp³-hybridized carbons (Fsp3) is 0.306. The topological polar surface area (TPSA) is 37.3 Å². The van der Waals surface area contributed by atoms with Gasteiger partial charge in [0, 0.05) is 0 Å². The predicted molar refractivity (Wildman–Crippen MR) is 162 cm³/mol. The number of aryl methyl sites for hydroxylation is 9. The van der Waals surface area contributed by atoms with Crippen molar-refractivity contribution in [3.63, 3.8) is 0 Å². The van der Waals surface area contributed by atoms with Gasteiger partial charge < -0.3 is 5.11 Å². The summed E-state index contributed by atoms with van der Waals surface area (Å²) in [5.74, 6) is -0.888. The molecule has 0 aliphatic rings. The molecule has 0 spiro atoms. The van der Waals surface area contributed by atoms with E-state index in [-0.39, 0.29) is 0 Å². The Morgan fingerprint density at radius 3 is 1.00 bits per heavy atom. The lowest BCUT2D eigenvalue weighted by atomic mass is 9.78. The Labute approximate surface area is 228 Å². The van der Waals surface area contributed by atoms with Gasteiger partial charge in [0.1, 0.15) is 0 Å². The van der Waals surface area contributed by atoms with E-state index < -0.39 is 5.97 Å². The van der Waals surface area contributed by atoms with Crippen LogP contribution in [0.5, 0.6) is 0 Å². The van der Waals surface area contributed by atoms with Crippen LogP contribution < -0.4 is 0 Å². The van der Waals surface area contributed by atoms with Gasteiger partial charge >= 0.3 is 5.97 Å². The molecule has 0 saturated carbocycles. The van der Waals surface area contributed by atoms with Crippen molar-refractivity contribution in [1.29, 1.82) is 0 Å². The number of hydrogen-bond donors (Lipinski definition) is 1. The second kappa shape index (κ2) is 9.91. The number of carbonyl (C=O) groups is 1. The SMILES string of the molecule is Cc1cc(C)c(-c2c(C)cc(C)c(-c3c(C)cc(C)c(-c4c(C)cc(C(=O)O)cc4C)c3C)c2C)c(C)c1. The Balaban J connectivity index is 2.09. The van der Waals surface area contributed by atoms with Gasteiger partial charge in [-0.3, -0.25) is 0 Å². The summed E-state index contributed by atoms with van der Waals surface area (Å²) in [7, 11) is 0. The van der Waals surface area contributed by atoms with Crippen LogP contribution in [-0.4, -0.2) is 11.1 Å². The minimum Gasteiger partial charge on any atom is -0.478 e. The molecule has 0 atom stereocenters. The molecule has 0 radical (unpaired) electrons. The van der Waals surface area contributed by atoms with Crippen molar-refractivity contribution in [2.45, 2.75) is 76.2 Å². The van der Waals surface area contributed by atoms with Crippen molar-refractivity contribution in [3.8, 4) is 33.4 Å². The van der Waals surface area contributed by atoms with Crippen LogP contribution in [0.2, 0.25) is 0 Å². The van der Waals surface area contributed by atoms with Gasteiger partial charge in [-0.2, -0.15) is 0 Å². The average molecular weight is 505 g/mol. The Hall–Kier alpha value is -3.65. The van der Waals surface area contributed by atoms with E-state index >= 15 is 0 Å². The maximum Gasteiger partial charge on any atom is 0.335 e. The first kappa shape index (κ1) is 27.4. The zero-order valence-corrected chi connectivity index (χ0v) is 24.8. The van der Waals surface area contributed by atoms with E-state index in [4.69, 9.17) is 0 Å². The first-order chi connectivity index (χ1) is 17.7. The lowest BCUT2D eigenvalue weighted by Crippen LogP contribution is -2.05. The molecule has 0 heterocycles. The molecule has 0 amide bonds. The highest BCUT2D eigenvalue weighted by molar-refractivity contribution is 5.93. The largest absolute Gasteiger partial charge is 0.478 e. The summed E-state index contributed by atoms with van der Waals surface area (Å²) in [6, 6.07) is 12.8. The standard InChI is InChI=1S/C36H40O2/c1-18-12-19(2)30(20(3)13-18)32-21(4)14-23(6)34(27(32)10)35-24(7)15-22(5)33(28(35)11)31-25(8)16-29(36(37)38)17-26(31)9/h12-17H,1-11H3,(H,37,38). The molecule has 4 rings (SSSR count). The zero-order chi connectivity index (χ0) is 28.2. The number of aromatic carboxylic acids is 1. The highest BCUT2D eigenvalue weighted by atomic mass is 16.4. The fourth-order valence-electron chi connectivity index (χ4n) is 6.97. The minimum absolute atomic E-state index is 0.338. The Morgan fingerprint density at radius 1 is 0.421 bits per heavy atom. The van der Waals surface area contributed by atoms with Crippen LogP contribution >= 0.6 is 0 Å². The molecule has 4 aromatic rings. The third kappa shape index (κ3) is 4.47. The Morgan fingerprint density at radius 2 is 0.684 bits per heavy atom. The summed E-state index contributed by atoms with van der Waals surface area (Å²) >= 11 is 0. The van der Waals surface area contributed by atoms with E-state index in [0.717, 1.165) is 16.7 Å². The average Bonchev–Trinajstić information content (AvgIpc) is 2.78. The van der Waals surface area contributed by atoms with Gasteiger partial charge in [-0.25, -0.2) is 4.79 Å². The molecule has 0 aliphatic carbocycles. The van der Waals surface area contributed by atoms with Crippen molar-refractivity contribution >= 4 is 5.97 Å². The Kier molecular flexibility index (Phi) is 7.14. The van der Waals surface area contributed by atoms with Crippen LogP contribution in [0, 0.1) is 76.2 Å². The number of rotatable bonds is 4. The molecule has 0 bridgehead atoms. The molecule has 2 nitrogen and oxygen atoms in total. The van der Waals surface area contributed by atoms with Crippen molar-refractivity contribution in [1.82, 2.24) is 0 Å². The highest BCUT2D eigenvalue weighted by Crippen LogP contribution is 2.45. The third-order valence-electron chi connectivity index (χ3n) is 8.15. The summed E-state index contributed by atoms with van der Waals surface area (Å²) in [5, 5.41) is 9.59. The number of carboxylic acids is 1. The van der Waals surface area contributed by atoms with Gasteiger partial charge in [0.05, 0.1) is 5.56 Å². The van der Waals surface area contributed by atoms with Gasteiger partial charge in [-0.05, 0) is 177 Å². The molecular weight excluding hydrogens is 464 g/mol. The van der Waals surface area contributed by atoms with Crippen LogP contribution in [0.1, 0.15) is 71.6 Å². The van der Waals surface area contributed by atoms with Crippen molar-refractivity contribution in [2.24, 2.45) is 0 Å². The van der Waals surface area contributed by atoms with Crippen LogP contribution in [0.4, 0.5) is 0 Å². The first-order valence-corrected chi connectivity index (χ1v) is 13.4. The number of hydrogen-bond acceptors (Lipinski definition) is 1. The van der Waals surface area contributed by atoms with Crippen LogP contribution in [0.15, 0.2) is 36.4 Å². The molecular formula is C36H40O2. The van der Waals surface area contributed by atoms with E-state index in [2.05, 4.69) is 86.6 Å². The molecule has 1 N–H and O–H groups in total. The van der Waals surface area contributed by atoms with E-state index in [0.29, 0.717) is 5.56 Å². The van der Waals surface area contributed by atoms with Gasteiger partial charge in [0.2, 0.25) is 0 Å². The van der Waals surface area contributed by atoms with E-state index in [1.54, 1.807) is 12.1 Å². The van der Waals surface area contributed by atoms with E-state index in [9.17, 15) is 9.90 Å². The maximum atomic E-state index is 11.7. The zero-order valence-electron chi connectivity index (χ0n) is 24.8. The molecule has 38 heavy (non-hydrogen) atoms. The molecule has 0 fully saturated rings. The van der Waals surface area contributed by atoms with Crippen molar-refractivity contribution in [3.05, 3.63) is 103 Å². The Bertz CT molecular complexity index is 1590. The summed E-state index contributed by atoms with van der Waals surface area (Å²) in [6.45, 7) is 24.0. The summed E-state index contributed by atoms with van der Waals surface area (Å²) in [5.41, 5.74) is 21.5. The molecule has 0 aromatic heterocycles. The lowest BCUT2D eigenvalue weighted by molar-refractivity contribution is 0.0696. The fourth-order valence-corrected chi connectivity index (χ4v) is 6.97. The van der Waals surface area contributed by atoms with Crippen LogP contribution in [0.25, 0.3) is 33.4 Å². The van der Waals surface area contributed by atoms with Gasteiger partial charge in [-0.15, -0.1) is 0 Å².